The summed E-state index contributed by atoms with van der Waals surface area (Å²) in [6, 6.07) is 43.6. The summed E-state index contributed by atoms with van der Waals surface area (Å²) in [6.07, 6.45) is 4.56. The summed E-state index contributed by atoms with van der Waals surface area (Å²) in [5.74, 6) is 0. The van der Waals surface area contributed by atoms with Crippen molar-refractivity contribution < 1.29 is 0 Å². The van der Waals surface area contributed by atoms with Crippen LogP contribution in [-0.4, -0.2) is 0 Å². The van der Waals surface area contributed by atoms with Crippen LogP contribution in [0.15, 0.2) is 121 Å². The third-order valence-electron chi connectivity index (χ3n) is 11.1. The highest BCUT2D eigenvalue weighted by molar-refractivity contribution is 5.92. The molecule has 52 heavy (non-hydrogen) atoms. The first-order valence-electron chi connectivity index (χ1n) is 18.4. The van der Waals surface area contributed by atoms with Gasteiger partial charge in [0.2, 0.25) is 0 Å². The number of fused-ring (bicyclic) bond motifs is 8. The summed E-state index contributed by atoms with van der Waals surface area (Å²) in [4.78, 5) is 0. The van der Waals surface area contributed by atoms with Crippen molar-refractivity contribution in [3.63, 3.8) is 0 Å². The fraction of sp³-hybridized carbons (Fsp3) is 0.154. The molecular formula is C52H48. The molecule has 8 aromatic rings. The fourth-order valence-electron chi connectivity index (χ4n) is 8.31. The van der Waals surface area contributed by atoms with Gasteiger partial charge in [-0.25, -0.2) is 0 Å². The Kier molecular flexibility index (Phi) is 9.67. The molecule has 0 saturated carbocycles. The highest BCUT2D eigenvalue weighted by Gasteiger charge is 2.17. The van der Waals surface area contributed by atoms with E-state index in [1.807, 2.05) is 12.1 Å². The maximum atomic E-state index is 4.03. The van der Waals surface area contributed by atoms with Crippen LogP contribution in [0.25, 0.3) is 69.4 Å². The Morgan fingerprint density at radius 1 is 0.327 bits per heavy atom. The number of benzene rings is 8. The summed E-state index contributed by atoms with van der Waals surface area (Å²) < 4.78 is 0. The number of aryl methyl sites for hydroxylation is 8. The Morgan fingerprint density at radius 3 is 0.942 bits per heavy atom. The molecule has 0 radical (unpaired) electrons. The third kappa shape index (κ3) is 6.58. The largest absolute Gasteiger partial charge is 0.0911 e. The van der Waals surface area contributed by atoms with Crippen molar-refractivity contribution >= 4 is 69.4 Å². The molecule has 1 aliphatic carbocycles. The molecule has 0 fully saturated rings. The molecule has 0 amide bonds. The van der Waals surface area contributed by atoms with Crippen molar-refractivity contribution in [2.75, 3.05) is 0 Å². The van der Waals surface area contributed by atoms with Gasteiger partial charge in [0.05, 0.1) is 0 Å². The van der Waals surface area contributed by atoms with E-state index < -0.39 is 0 Å². The Labute approximate surface area is 308 Å². The number of hydrogen-bond donors (Lipinski definition) is 0. The zero-order valence-electron chi connectivity index (χ0n) is 31.2. The molecule has 256 valence electrons. The van der Waals surface area contributed by atoms with Gasteiger partial charge in [0.1, 0.15) is 0 Å². The molecule has 1 aliphatic rings. The number of rotatable bonds is 0. The lowest BCUT2D eigenvalue weighted by molar-refractivity contribution is 0.850. The molecule has 9 rings (SSSR count). The Morgan fingerprint density at radius 2 is 0.596 bits per heavy atom. The van der Waals surface area contributed by atoms with Gasteiger partial charge in [-0.05, 0) is 162 Å². The van der Waals surface area contributed by atoms with E-state index in [9.17, 15) is 0 Å². The first kappa shape index (κ1) is 34.7. The molecule has 0 heteroatoms. The van der Waals surface area contributed by atoms with E-state index in [0.29, 0.717) is 0 Å². The molecule has 0 bridgehead atoms. The average Bonchev–Trinajstić information content (AvgIpc) is 3.15. The molecule has 0 saturated heterocycles. The van der Waals surface area contributed by atoms with Gasteiger partial charge >= 0.3 is 0 Å². The summed E-state index contributed by atoms with van der Waals surface area (Å²) in [5, 5.41) is 14.9. The lowest BCUT2D eigenvalue weighted by Gasteiger charge is -2.22. The lowest BCUT2D eigenvalue weighted by Crippen LogP contribution is -2.22. The van der Waals surface area contributed by atoms with Gasteiger partial charge in [-0.1, -0.05) is 148 Å². The highest BCUT2D eigenvalue weighted by Crippen LogP contribution is 2.34. The first-order valence-corrected chi connectivity index (χ1v) is 18.4. The van der Waals surface area contributed by atoms with E-state index in [1.165, 1.54) is 65.3 Å². The Hall–Kier alpha value is -5.72. The average molecular weight is 673 g/mol. The summed E-state index contributed by atoms with van der Waals surface area (Å²) in [5.41, 5.74) is 11.6. The minimum absolute atomic E-state index is 1.02. The first-order chi connectivity index (χ1) is 25.1. The lowest BCUT2D eigenvalue weighted by atomic mass is 9.83. The molecule has 0 heterocycles. The van der Waals surface area contributed by atoms with Gasteiger partial charge in [0.15, 0.2) is 0 Å². The maximum absolute atomic E-state index is 4.03. The van der Waals surface area contributed by atoms with E-state index in [1.54, 1.807) is 22.3 Å². The number of hydrogen-bond acceptors (Lipinski definition) is 0. The van der Waals surface area contributed by atoms with E-state index in [2.05, 4.69) is 163 Å². The zero-order chi connectivity index (χ0) is 36.5. The van der Waals surface area contributed by atoms with Crippen LogP contribution in [0.1, 0.15) is 44.5 Å². The minimum Gasteiger partial charge on any atom is -0.0911 e. The van der Waals surface area contributed by atoms with Crippen molar-refractivity contribution in [2.45, 2.75) is 53.4 Å². The van der Waals surface area contributed by atoms with Crippen LogP contribution in [0.3, 0.4) is 0 Å². The molecule has 0 nitrogen and oxygen atoms in total. The molecule has 0 atom stereocenters. The standard InChI is InChI=1S/C26H24.2C13H12/c1-17-15-19-11-13-24-20(16-18(2)22-8-4-6-10-26(22)24)12-14-23(19)25-9-5-3-7-21(17)25;2*1-9-8-10(2)12-6-4-5-7-13(12)11(9)3/h3-10,15-16H,11-14H2,1-2H3;2*4-8H,1,3H2,2H3. The van der Waals surface area contributed by atoms with Crippen LogP contribution in [0.5, 0.6) is 0 Å². The van der Waals surface area contributed by atoms with Crippen LogP contribution < -0.4 is 20.9 Å². The molecule has 0 spiro atoms. The second-order valence-corrected chi connectivity index (χ2v) is 14.5. The second-order valence-electron chi connectivity index (χ2n) is 14.5. The summed E-state index contributed by atoms with van der Waals surface area (Å²) in [6.45, 7) is 24.7. The van der Waals surface area contributed by atoms with Crippen LogP contribution in [0.4, 0.5) is 0 Å². The summed E-state index contributed by atoms with van der Waals surface area (Å²) >= 11 is 0. The molecule has 0 unspecified atom stereocenters. The molecular weight excluding hydrogens is 625 g/mol. The SMILES string of the molecule is C=c1cc(C)c2ccccc2c1=C.C=c1cc(C)c2ccccc2c1=C.Cc1cc2c(c3ccccc13)CCc1cc(C)c3ccccc3c1CC2. The second kappa shape index (κ2) is 14.5. The van der Waals surface area contributed by atoms with E-state index in [4.69, 9.17) is 0 Å². The van der Waals surface area contributed by atoms with Crippen LogP contribution >= 0.6 is 0 Å². The van der Waals surface area contributed by atoms with Gasteiger partial charge in [-0.3, -0.25) is 0 Å². The molecule has 0 aliphatic heterocycles. The quantitative estimate of drug-likeness (QED) is 0.150. The molecule has 0 N–H and O–H groups in total. The fourth-order valence-corrected chi connectivity index (χ4v) is 8.31. The van der Waals surface area contributed by atoms with E-state index >= 15 is 0 Å². The van der Waals surface area contributed by atoms with Gasteiger partial charge in [-0.2, -0.15) is 0 Å². The van der Waals surface area contributed by atoms with Crippen molar-refractivity contribution in [3.05, 3.63) is 187 Å². The van der Waals surface area contributed by atoms with Crippen LogP contribution in [0, 0.1) is 27.7 Å². The van der Waals surface area contributed by atoms with Crippen LogP contribution in [0.2, 0.25) is 0 Å². The Balaban J connectivity index is 0.000000136. The predicted molar refractivity (Wildman–Crippen MR) is 230 cm³/mol. The Bertz CT molecular complexity index is 2660. The maximum Gasteiger partial charge on any atom is -0.0109 e. The predicted octanol–water partition coefficient (Wildman–Crippen LogP) is 10.4. The third-order valence-corrected chi connectivity index (χ3v) is 11.1. The van der Waals surface area contributed by atoms with Crippen molar-refractivity contribution in [2.24, 2.45) is 0 Å². The van der Waals surface area contributed by atoms with Crippen molar-refractivity contribution in [1.82, 2.24) is 0 Å². The smallest absolute Gasteiger partial charge is 0.0109 e. The molecule has 8 aromatic carbocycles. The van der Waals surface area contributed by atoms with E-state index in [-0.39, 0.29) is 0 Å². The highest BCUT2D eigenvalue weighted by atomic mass is 14.2. The topological polar surface area (TPSA) is 0 Å². The summed E-state index contributed by atoms with van der Waals surface area (Å²) in [7, 11) is 0. The van der Waals surface area contributed by atoms with Crippen molar-refractivity contribution in [3.8, 4) is 0 Å². The van der Waals surface area contributed by atoms with Crippen molar-refractivity contribution in [1.29, 1.82) is 0 Å². The van der Waals surface area contributed by atoms with Gasteiger partial charge in [-0.15, -0.1) is 0 Å². The van der Waals surface area contributed by atoms with Gasteiger partial charge in [0.25, 0.3) is 0 Å². The molecule has 0 aromatic heterocycles. The minimum atomic E-state index is 1.02. The van der Waals surface area contributed by atoms with Gasteiger partial charge < -0.3 is 0 Å². The monoisotopic (exact) mass is 672 g/mol. The van der Waals surface area contributed by atoms with Gasteiger partial charge in [0, 0.05) is 0 Å². The zero-order valence-corrected chi connectivity index (χ0v) is 31.2. The van der Waals surface area contributed by atoms with E-state index in [0.717, 1.165) is 46.6 Å². The normalized spacial score (nSPS) is 12.2. The van der Waals surface area contributed by atoms with Crippen LogP contribution in [-0.2, 0) is 25.7 Å².